The molecule has 0 fully saturated rings. The molecule has 2 aromatic carbocycles. The molecule has 0 radical (unpaired) electrons. The van der Waals surface area contributed by atoms with E-state index in [4.69, 9.17) is 56.5 Å². The van der Waals surface area contributed by atoms with Crippen molar-refractivity contribution in [3.05, 3.63) is 45.4 Å². The molecular formula is C15H13Cl3N2O2S. The van der Waals surface area contributed by atoms with Crippen LogP contribution in [0.4, 0.5) is 11.4 Å². The van der Waals surface area contributed by atoms with Crippen molar-refractivity contribution in [3.8, 4) is 11.5 Å². The third-order valence-corrected chi connectivity index (χ3v) is 4.24. The highest BCUT2D eigenvalue weighted by Crippen LogP contribution is 2.36. The van der Waals surface area contributed by atoms with Gasteiger partial charge >= 0.3 is 0 Å². The topological polar surface area (TPSA) is 42.5 Å². The number of ether oxygens (including phenoxy) is 2. The van der Waals surface area contributed by atoms with Crippen LogP contribution in [0.1, 0.15) is 0 Å². The number of nitrogens with one attached hydrogen (secondary N) is 2. The lowest BCUT2D eigenvalue weighted by Crippen LogP contribution is -2.19. The summed E-state index contributed by atoms with van der Waals surface area (Å²) in [5.41, 5.74) is 1.18. The molecule has 2 N–H and O–H groups in total. The van der Waals surface area contributed by atoms with E-state index in [1.807, 2.05) is 0 Å². The largest absolute Gasteiger partial charge is 0.495 e. The van der Waals surface area contributed by atoms with E-state index in [0.29, 0.717) is 43.1 Å². The molecule has 2 aromatic rings. The third-order valence-electron chi connectivity index (χ3n) is 2.92. The van der Waals surface area contributed by atoms with Crippen molar-refractivity contribution >= 4 is 63.5 Å². The number of rotatable bonds is 4. The Labute approximate surface area is 154 Å². The first-order valence-electron chi connectivity index (χ1n) is 6.39. The van der Waals surface area contributed by atoms with Crippen LogP contribution in [-0.4, -0.2) is 19.3 Å². The average Bonchev–Trinajstić information content (AvgIpc) is 2.52. The van der Waals surface area contributed by atoms with Crippen molar-refractivity contribution in [2.24, 2.45) is 0 Å². The lowest BCUT2D eigenvalue weighted by Gasteiger charge is -2.16. The lowest BCUT2D eigenvalue weighted by molar-refractivity contribution is 0.396. The molecule has 0 aromatic heterocycles. The summed E-state index contributed by atoms with van der Waals surface area (Å²) in [5, 5.41) is 7.54. The first-order chi connectivity index (χ1) is 11.0. The second-order valence-corrected chi connectivity index (χ2v) is 5.97. The minimum atomic E-state index is 0.314. The smallest absolute Gasteiger partial charge is 0.175 e. The van der Waals surface area contributed by atoms with Gasteiger partial charge in [0.2, 0.25) is 0 Å². The number of hydrogen-bond donors (Lipinski definition) is 2. The van der Waals surface area contributed by atoms with Gasteiger partial charge < -0.3 is 20.1 Å². The highest BCUT2D eigenvalue weighted by molar-refractivity contribution is 7.80. The number of thiocarbonyl (C=S) groups is 1. The van der Waals surface area contributed by atoms with Crippen LogP contribution >= 0.6 is 47.0 Å². The van der Waals surface area contributed by atoms with E-state index < -0.39 is 0 Å². The predicted octanol–water partition coefficient (Wildman–Crippen LogP) is 5.47. The van der Waals surface area contributed by atoms with Gasteiger partial charge in [0.15, 0.2) is 5.11 Å². The van der Waals surface area contributed by atoms with Crippen LogP contribution in [0.5, 0.6) is 11.5 Å². The number of benzene rings is 2. The number of methoxy groups -OCH3 is 2. The van der Waals surface area contributed by atoms with Crippen molar-refractivity contribution < 1.29 is 9.47 Å². The van der Waals surface area contributed by atoms with Crippen LogP contribution in [0.2, 0.25) is 15.1 Å². The SMILES string of the molecule is COc1cc(OC)c(NC(=S)Nc2cccc(Cl)c2Cl)cc1Cl. The van der Waals surface area contributed by atoms with Gasteiger partial charge in [-0.15, -0.1) is 0 Å². The minimum absolute atomic E-state index is 0.314. The summed E-state index contributed by atoms with van der Waals surface area (Å²) in [7, 11) is 3.07. The molecule has 8 heteroatoms. The predicted molar refractivity (Wildman–Crippen MR) is 101 cm³/mol. The first kappa shape index (κ1) is 17.9. The summed E-state index contributed by atoms with van der Waals surface area (Å²) in [5.74, 6) is 1.04. The molecule has 0 atom stereocenters. The Morgan fingerprint density at radius 3 is 2.22 bits per heavy atom. The van der Waals surface area contributed by atoms with E-state index in [0.717, 1.165) is 0 Å². The van der Waals surface area contributed by atoms with Crippen LogP contribution in [0, 0.1) is 0 Å². The first-order valence-corrected chi connectivity index (χ1v) is 7.94. The maximum atomic E-state index is 6.13. The van der Waals surface area contributed by atoms with E-state index in [1.54, 1.807) is 30.3 Å². The fourth-order valence-electron chi connectivity index (χ4n) is 1.83. The molecule has 0 aliphatic rings. The van der Waals surface area contributed by atoms with Gasteiger partial charge in [0.05, 0.1) is 40.7 Å². The summed E-state index contributed by atoms with van der Waals surface area (Å²) in [4.78, 5) is 0. The Morgan fingerprint density at radius 1 is 0.913 bits per heavy atom. The number of anilines is 2. The summed E-state index contributed by atoms with van der Waals surface area (Å²) in [6.07, 6.45) is 0. The summed E-state index contributed by atoms with van der Waals surface area (Å²) < 4.78 is 10.5. The second-order valence-electron chi connectivity index (χ2n) is 4.37. The van der Waals surface area contributed by atoms with Gasteiger partial charge in [0.1, 0.15) is 11.5 Å². The third kappa shape index (κ3) is 4.32. The van der Waals surface area contributed by atoms with Crippen molar-refractivity contribution in [1.82, 2.24) is 0 Å². The lowest BCUT2D eigenvalue weighted by atomic mass is 10.2. The molecule has 0 spiro atoms. The van der Waals surface area contributed by atoms with Gasteiger partial charge in [-0.3, -0.25) is 0 Å². The Kier molecular flexibility index (Phi) is 6.18. The number of halogens is 3. The fourth-order valence-corrected chi connectivity index (χ4v) is 2.64. The quantitative estimate of drug-likeness (QED) is 0.676. The van der Waals surface area contributed by atoms with E-state index in [1.165, 1.54) is 14.2 Å². The van der Waals surface area contributed by atoms with Crippen molar-refractivity contribution in [2.75, 3.05) is 24.9 Å². The van der Waals surface area contributed by atoms with Gasteiger partial charge in [-0.1, -0.05) is 40.9 Å². The highest BCUT2D eigenvalue weighted by atomic mass is 35.5. The zero-order valence-corrected chi connectivity index (χ0v) is 15.3. The van der Waals surface area contributed by atoms with Crippen molar-refractivity contribution in [2.45, 2.75) is 0 Å². The molecule has 2 rings (SSSR count). The van der Waals surface area contributed by atoms with E-state index in [-0.39, 0.29) is 0 Å². The molecule has 0 aliphatic carbocycles. The van der Waals surface area contributed by atoms with Crippen molar-refractivity contribution in [1.29, 1.82) is 0 Å². The number of hydrogen-bond acceptors (Lipinski definition) is 3. The second kappa shape index (κ2) is 7.93. The van der Waals surface area contributed by atoms with Gasteiger partial charge in [0.25, 0.3) is 0 Å². The zero-order chi connectivity index (χ0) is 17.0. The van der Waals surface area contributed by atoms with Gasteiger partial charge in [0, 0.05) is 6.07 Å². The normalized spacial score (nSPS) is 10.1. The van der Waals surface area contributed by atoms with Crippen LogP contribution < -0.4 is 20.1 Å². The Morgan fingerprint density at radius 2 is 1.57 bits per heavy atom. The van der Waals surface area contributed by atoms with Gasteiger partial charge in [-0.05, 0) is 30.4 Å². The van der Waals surface area contributed by atoms with Crippen molar-refractivity contribution in [3.63, 3.8) is 0 Å². The van der Waals surface area contributed by atoms with Gasteiger partial charge in [-0.2, -0.15) is 0 Å². The maximum Gasteiger partial charge on any atom is 0.175 e. The average molecular weight is 392 g/mol. The fraction of sp³-hybridized carbons (Fsp3) is 0.133. The van der Waals surface area contributed by atoms with E-state index in [9.17, 15) is 0 Å². The molecule has 0 unspecified atom stereocenters. The summed E-state index contributed by atoms with van der Waals surface area (Å²) in [6.45, 7) is 0. The molecule has 23 heavy (non-hydrogen) atoms. The van der Waals surface area contributed by atoms with E-state index >= 15 is 0 Å². The molecular weight excluding hydrogens is 379 g/mol. The van der Waals surface area contributed by atoms with E-state index in [2.05, 4.69) is 10.6 Å². The molecule has 0 saturated carbocycles. The van der Waals surface area contributed by atoms with Crippen LogP contribution in [0.25, 0.3) is 0 Å². The molecule has 0 bridgehead atoms. The summed E-state index contributed by atoms with van der Waals surface area (Å²) in [6, 6.07) is 8.55. The Balaban J connectivity index is 2.20. The molecule has 122 valence electrons. The molecule has 0 amide bonds. The molecule has 0 aliphatic heterocycles. The molecule has 4 nitrogen and oxygen atoms in total. The minimum Gasteiger partial charge on any atom is -0.495 e. The Bertz CT molecular complexity index is 741. The molecule has 0 heterocycles. The zero-order valence-electron chi connectivity index (χ0n) is 12.2. The molecule has 0 saturated heterocycles. The monoisotopic (exact) mass is 390 g/mol. The summed E-state index contributed by atoms with van der Waals surface area (Å²) >= 11 is 23.5. The van der Waals surface area contributed by atoms with Gasteiger partial charge in [-0.25, -0.2) is 0 Å². The maximum absolute atomic E-state index is 6.13. The Hall–Kier alpha value is -1.40. The standard InChI is InChI=1S/C15H13Cl3N2O2S/c1-21-12-7-13(22-2)11(6-9(12)17)20-15(23)19-10-5-3-4-8(16)14(10)18/h3-7H,1-2H3,(H2,19,20,23). The highest BCUT2D eigenvalue weighted by Gasteiger charge is 2.12. The van der Waals surface area contributed by atoms with Crippen LogP contribution in [0.15, 0.2) is 30.3 Å². The van der Waals surface area contributed by atoms with Crippen LogP contribution in [-0.2, 0) is 0 Å². The van der Waals surface area contributed by atoms with Crippen LogP contribution in [0.3, 0.4) is 0 Å².